The summed E-state index contributed by atoms with van der Waals surface area (Å²) >= 11 is 7.32. The van der Waals surface area contributed by atoms with Crippen LogP contribution in [0.4, 0.5) is 0 Å². The largest absolute Gasteiger partial charge is 0.478 e. The first-order chi connectivity index (χ1) is 8.35. The smallest absolute Gasteiger partial charge is 0.337 e. The average Bonchev–Trinajstić information content (AvgIpc) is 2.31. The molecule has 5 heteroatoms. The first-order valence-corrected chi connectivity index (χ1v) is 6.79. The van der Waals surface area contributed by atoms with Crippen molar-refractivity contribution in [1.82, 2.24) is 0 Å². The van der Waals surface area contributed by atoms with E-state index in [0.717, 1.165) is 17.1 Å². The topological polar surface area (TPSA) is 61.1 Å². The van der Waals surface area contributed by atoms with E-state index in [2.05, 4.69) is 6.07 Å². The summed E-state index contributed by atoms with van der Waals surface area (Å²) in [5, 5.41) is 18.1. The highest BCUT2D eigenvalue weighted by atomic mass is 35.5. The van der Waals surface area contributed by atoms with E-state index in [1.807, 2.05) is 13.8 Å². The van der Waals surface area contributed by atoms with Crippen LogP contribution in [-0.4, -0.2) is 16.8 Å². The van der Waals surface area contributed by atoms with Crippen LogP contribution in [0.15, 0.2) is 23.1 Å². The number of hydrogen-bond donors (Lipinski definition) is 1. The van der Waals surface area contributed by atoms with Crippen molar-refractivity contribution in [2.75, 3.05) is 5.75 Å². The van der Waals surface area contributed by atoms with Gasteiger partial charge in [-0.3, -0.25) is 0 Å². The molecule has 0 atom stereocenters. The normalized spacial score (nSPS) is 11.0. The van der Waals surface area contributed by atoms with E-state index in [-0.39, 0.29) is 16.0 Å². The molecule has 0 fully saturated rings. The molecule has 0 bridgehead atoms. The molecular formula is C13H14ClNO2S. The van der Waals surface area contributed by atoms with E-state index in [4.69, 9.17) is 22.0 Å². The number of halogens is 1. The Bertz CT molecular complexity index is 494. The van der Waals surface area contributed by atoms with Crippen molar-refractivity contribution < 1.29 is 9.90 Å². The van der Waals surface area contributed by atoms with Gasteiger partial charge in [-0.2, -0.15) is 5.26 Å². The minimum absolute atomic E-state index is 0.112. The Kier molecular flexibility index (Phi) is 5.06. The van der Waals surface area contributed by atoms with Crippen LogP contribution in [0.2, 0.25) is 5.02 Å². The number of nitrogens with zero attached hydrogens (tertiary/aromatic N) is 1. The SMILES string of the molecule is CC(C)(C#N)CCSc1ccc(Cl)c(C(=O)O)c1. The average molecular weight is 284 g/mol. The molecule has 0 aliphatic carbocycles. The zero-order valence-electron chi connectivity index (χ0n) is 10.2. The molecule has 0 aromatic heterocycles. The van der Waals surface area contributed by atoms with Crippen LogP contribution in [-0.2, 0) is 0 Å². The summed E-state index contributed by atoms with van der Waals surface area (Å²) in [7, 11) is 0. The molecule has 0 heterocycles. The van der Waals surface area contributed by atoms with Gasteiger partial charge in [-0.25, -0.2) is 4.79 Å². The molecule has 1 aromatic carbocycles. The zero-order valence-corrected chi connectivity index (χ0v) is 11.8. The first kappa shape index (κ1) is 14.9. The minimum atomic E-state index is -1.03. The maximum absolute atomic E-state index is 10.9. The van der Waals surface area contributed by atoms with Gasteiger partial charge in [0.05, 0.1) is 22.1 Å². The number of rotatable bonds is 5. The van der Waals surface area contributed by atoms with Crippen LogP contribution in [0, 0.1) is 16.7 Å². The lowest BCUT2D eigenvalue weighted by molar-refractivity contribution is 0.0697. The number of carboxylic acid groups (broad SMARTS) is 1. The van der Waals surface area contributed by atoms with Gasteiger partial charge in [0, 0.05) is 4.90 Å². The van der Waals surface area contributed by atoms with Gasteiger partial charge in [0.15, 0.2) is 0 Å². The van der Waals surface area contributed by atoms with E-state index in [9.17, 15) is 4.79 Å². The van der Waals surface area contributed by atoms with Gasteiger partial charge >= 0.3 is 5.97 Å². The molecule has 18 heavy (non-hydrogen) atoms. The number of benzene rings is 1. The summed E-state index contributed by atoms with van der Waals surface area (Å²) < 4.78 is 0. The van der Waals surface area contributed by atoms with Crippen LogP contribution >= 0.6 is 23.4 Å². The Morgan fingerprint density at radius 1 is 1.56 bits per heavy atom. The van der Waals surface area contributed by atoms with Crippen LogP contribution in [0.3, 0.4) is 0 Å². The molecule has 3 nitrogen and oxygen atoms in total. The first-order valence-electron chi connectivity index (χ1n) is 5.42. The minimum Gasteiger partial charge on any atom is -0.478 e. The van der Waals surface area contributed by atoms with Gasteiger partial charge in [-0.15, -0.1) is 11.8 Å². The third-order valence-corrected chi connectivity index (χ3v) is 3.79. The van der Waals surface area contributed by atoms with Gasteiger partial charge in [-0.05, 0) is 44.2 Å². The number of carboxylic acids is 1. The lowest BCUT2D eigenvalue weighted by Gasteiger charge is -2.14. The Labute approximate surface area is 116 Å². The van der Waals surface area contributed by atoms with Gasteiger partial charge < -0.3 is 5.11 Å². The standard InChI is InChI=1S/C13H14ClNO2S/c1-13(2,8-15)5-6-18-9-3-4-11(14)10(7-9)12(16)17/h3-4,7H,5-6H2,1-2H3,(H,16,17). The second-order valence-corrected chi connectivity index (χ2v) is 6.12. The van der Waals surface area contributed by atoms with Crippen molar-refractivity contribution in [1.29, 1.82) is 5.26 Å². The third-order valence-electron chi connectivity index (χ3n) is 2.47. The second kappa shape index (κ2) is 6.12. The molecule has 0 aliphatic heterocycles. The Morgan fingerprint density at radius 2 is 2.22 bits per heavy atom. The fraction of sp³-hybridized carbons (Fsp3) is 0.385. The number of thioether (sulfide) groups is 1. The maximum Gasteiger partial charge on any atom is 0.337 e. The zero-order chi connectivity index (χ0) is 13.8. The fourth-order valence-corrected chi connectivity index (χ4v) is 2.65. The Balaban J connectivity index is 2.67. The van der Waals surface area contributed by atoms with E-state index in [1.54, 1.807) is 18.2 Å². The number of carbonyl (C=O) groups is 1. The summed E-state index contributed by atoms with van der Waals surface area (Å²) in [6.07, 6.45) is 0.749. The molecule has 0 saturated heterocycles. The quantitative estimate of drug-likeness (QED) is 0.828. The number of nitriles is 1. The number of hydrogen-bond acceptors (Lipinski definition) is 3. The second-order valence-electron chi connectivity index (χ2n) is 4.54. The van der Waals surface area contributed by atoms with Crippen LogP contribution < -0.4 is 0 Å². The van der Waals surface area contributed by atoms with E-state index in [1.165, 1.54) is 11.8 Å². The molecule has 0 radical (unpaired) electrons. The summed E-state index contributed by atoms with van der Waals surface area (Å²) in [4.78, 5) is 11.8. The predicted molar refractivity (Wildman–Crippen MR) is 73.1 cm³/mol. The van der Waals surface area contributed by atoms with Crippen molar-refractivity contribution in [2.24, 2.45) is 5.41 Å². The number of aromatic carboxylic acids is 1. The molecule has 1 aromatic rings. The van der Waals surface area contributed by atoms with Crippen molar-refractivity contribution >= 4 is 29.3 Å². The Morgan fingerprint density at radius 3 is 2.78 bits per heavy atom. The van der Waals surface area contributed by atoms with Crippen molar-refractivity contribution in [3.05, 3.63) is 28.8 Å². The van der Waals surface area contributed by atoms with Gasteiger partial charge in [0.1, 0.15) is 0 Å². The highest BCUT2D eigenvalue weighted by Crippen LogP contribution is 2.28. The van der Waals surface area contributed by atoms with Crippen molar-refractivity contribution in [3.63, 3.8) is 0 Å². The van der Waals surface area contributed by atoms with E-state index in [0.29, 0.717) is 0 Å². The van der Waals surface area contributed by atoms with Gasteiger partial charge in [-0.1, -0.05) is 11.6 Å². The summed E-state index contributed by atoms with van der Waals surface area (Å²) in [6, 6.07) is 7.18. The highest BCUT2D eigenvalue weighted by Gasteiger charge is 2.16. The molecule has 0 unspecified atom stereocenters. The molecule has 1 rings (SSSR count). The third kappa shape index (κ3) is 4.25. The molecular weight excluding hydrogens is 270 g/mol. The van der Waals surface area contributed by atoms with Gasteiger partial charge in [0.2, 0.25) is 0 Å². The fourth-order valence-electron chi connectivity index (χ4n) is 1.24. The van der Waals surface area contributed by atoms with Crippen molar-refractivity contribution in [2.45, 2.75) is 25.2 Å². The Hall–Kier alpha value is -1.18. The molecule has 0 aliphatic rings. The monoisotopic (exact) mass is 283 g/mol. The summed E-state index contributed by atoms with van der Waals surface area (Å²) in [5.41, 5.74) is -0.240. The van der Waals surface area contributed by atoms with Crippen LogP contribution in [0.25, 0.3) is 0 Å². The van der Waals surface area contributed by atoms with Crippen molar-refractivity contribution in [3.8, 4) is 6.07 Å². The molecule has 0 saturated carbocycles. The van der Waals surface area contributed by atoms with Gasteiger partial charge in [0.25, 0.3) is 0 Å². The van der Waals surface area contributed by atoms with Crippen LogP contribution in [0.1, 0.15) is 30.6 Å². The van der Waals surface area contributed by atoms with E-state index < -0.39 is 5.97 Å². The maximum atomic E-state index is 10.9. The molecule has 0 amide bonds. The predicted octanol–water partition coefficient (Wildman–Crippen LogP) is 4.07. The highest BCUT2D eigenvalue weighted by molar-refractivity contribution is 7.99. The van der Waals surface area contributed by atoms with Crippen LogP contribution in [0.5, 0.6) is 0 Å². The lowest BCUT2D eigenvalue weighted by atomic mass is 9.93. The summed E-state index contributed by atoms with van der Waals surface area (Å²) in [6.45, 7) is 3.77. The lowest BCUT2D eigenvalue weighted by Crippen LogP contribution is -2.08. The molecule has 1 N–H and O–H groups in total. The summed E-state index contributed by atoms with van der Waals surface area (Å²) in [5.74, 6) is -0.263. The molecule has 96 valence electrons. The van der Waals surface area contributed by atoms with E-state index >= 15 is 0 Å². The molecule has 0 spiro atoms.